The molecule has 1 aromatic heterocycles. The molecule has 9 nitrogen and oxygen atoms in total. The summed E-state index contributed by atoms with van der Waals surface area (Å²) in [5.41, 5.74) is 1.52. The van der Waals surface area contributed by atoms with E-state index in [0.29, 0.717) is 60.8 Å². The van der Waals surface area contributed by atoms with E-state index in [2.05, 4.69) is 15.2 Å². The van der Waals surface area contributed by atoms with Gasteiger partial charge in [0.05, 0.1) is 23.5 Å². The van der Waals surface area contributed by atoms with Gasteiger partial charge in [0.25, 0.3) is 5.91 Å². The molecule has 0 radical (unpaired) electrons. The number of likely N-dealkylation sites (tertiary alicyclic amines) is 1. The molecule has 2 N–H and O–H groups in total. The average Bonchev–Trinajstić information content (AvgIpc) is 3.28. The van der Waals surface area contributed by atoms with E-state index >= 15 is 0 Å². The quantitative estimate of drug-likeness (QED) is 0.458. The molecule has 1 atom stereocenters. The summed E-state index contributed by atoms with van der Waals surface area (Å²) in [5.74, 6) is -0.140. The number of fused-ring (bicyclic) bond motifs is 1. The molecule has 40 heavy (non-hydrogen) atoms. The smallest absolute Gasteiger partial charge is 0.256 e. The zero-order valence-electron chi connectivity index (χ0n) is 21.8. The maximum atomic E-state index is 13.1. The second-order valence-corrected chi connectivity index (χ2v) is 10.6. The lowest BCUT2D eigenvalue weighted by Crippen LogP contribution is -2.52. The molecule has 2 aromatic carbocycles. The van der Waals surface area contributed by atoms with Crippen LogP contribution in [0.1, 0.15) is 53.0 Å². The SMILES string of the molecule is O=C1CCC(N2Cc3nc(C4(O)CCN(Cc5ccc(Oc6ccc(F)cc6)cc5)CC4)ccc3C2=O)C(=O)N1. The lowest BCUT2D eigenvalue weighted by Gasteiger charge is -2.38. The molecular formula is C30H29FN4O5. The van der Waals surface area contributed by atoms with Crippen LogP contribution >= 0.6 is 0 Å². The number of nitrogens with one attached hydrogen (secondary N) is 1. The van der Waals surface area contributed by atoms with Crippen LogP contribution in [0.4, 0.5) is 4.39 Å². The van der Waals surface area contributed by atoms with Crippen LogP contribution < -0.4 is 10.1 Å². The molecule has 0 saturated carbocycles. The van der Waals surface area contributed by atoms with Gasteiger partial charge in [0.2, 0.25) is 11.8 Å². The fraction of sp³-hybridized carbons (Fsp3) is 0.333. The number of piperidine rings is 2. The molecule has 3 aromatic rings. The van der Waals surface area contributed by atoms with Crippen molar-refractivity contribution in [3.63, 3.8) is 0 Å². The Morgan fingerprint density at radius 1 is 0.975 bits per heavy atom. The van der Waals surface area contributed by atoms with E-state index in [0.717, 1.165) is 12.1 Å². The van der Waals surface area contributed by atoms with Crippen molar-refractivity contribution in [3.8, 4) is 11.5 Å². The summed E-state index contributed by atoms with van der Waals surface area (Å²) in [6.07, 6.45) is 1.48. The summed E-state index contributed by atoms with van der Waals surface area (Å²) in [4.78, 5) is 45.2. The summed E-state index contributed by atoms with van der Waals surface area (Å²) in [6.45, 7) is 2.24. The van der Waals surface area contributed by atoms with Crippen LogP contribution in [0.3, 0.4) is 0 Å². The van der Waals surface area contributed by atoms with Gasteiger partial charge in [0, 0.05) is 26.1 Å². The van der Waals surface area contributed by atoms with Crippen molar-refractivity contribution in [2.75, 3.05) is 13.1 Å². The average molecular weight is 545 g/mol. The number of aromatic nitrogens is 1. The van der Waals surface area contributed by atoms with Crippen molar-refractivity contribution in [2.24, 2.45) is 0 Å². The Balaban J connectivity index is 1.06. The van der Waals surface area contributed by atoms with Crippen molar-refractivity contribution in [3.05, 3.63) is 89.0 Å². The monoisotopic (exact) mass is 544 g/mol. The third-order valence-corrected chi connectivity index (χ3v) is 7.91. The van der Waals surface area contributed by atoms with Gasteiger partial charge in [-0.15, -0.1) is 0 Å². The lowest BCUT2D eigenvalue weighted by atomic mass is 9.87. The number of hydrogen-bond acceptors (Lipinski definition) is 7. The van der Waals surface area contributed by atoms with Crippen molar-refractivity contribution in [2.45, 2.75) is 50.4 Å². The molecule has 0 aliphatic carbocycles. The first kappa shape index (κ1) is 26.1. The van der Waals surface area contributed by atoms with Crippen LogP contribution in [0.15, 0.2) is 60.7 Å². The largest absolute Gasteiger partial charge is 0.457 e. The topological polar surface area (TPSA) is 112 Å². The molecule has 3 aliphatic rings. The maximum Gasteiger partial charge on any atom is 0.256 e. The van der Waals surface area contributed by atoms with Crippen molar-refractivity contribution >= 4 is 17.7 Å². The van der Waals surface area contributed by atoms with Crippen LogP contribution in [0, 0.1) is 5.82 Å². The predicted octanol–water partition coefficient (Wildman–Crippen LogP) is 3.26. The number of hydrogen-bond donors (Lipinski definition) is 2. The van der Waals surface area contributed by atoms with E-state index in [4.69, 9.17) is 4.74 Å². The highest BCUT2D eigenvalue weighted by Gasteiger charge is 2.41. The van der Waals surface area contributed by atoms with Crippen LogP contribution in [0.2, 0.25) is 0 Å². The summed E-state index contributed by atoms with van der Waals surface area (Å²) in [7, 11) is 0. The first-order chi connectivity index (χ1) is 19.3. The normalized spacial score (nSPS) is 20.8. The van der Waals surface area contributed by atoms with Crippen LogP contribution in [-0.2, 0) is 28.3 Å². The van der Waals surface area contributed by atoms with Gasteiger partial charge in [0.1, 0.15) is 29.0 Å². The standard InChI is InChI=1S/C30H29FN4O5/c31-20-3-7-22(8-4-20)40-21-5-1-19(2-6-21)17-34-15-13-30(39,14-16-34)26-11-9-23-24(32-26)18-35(29(23)38)25-10-12-27(36)33-28(25)37/h1-9,11,25,39H,10,12-18H2,(H,33,36,37). The minimum atomic E-state index is -1.11. The first-order valence-corrected chi connectivity index (χ1v) is 13.4. The van der Waals surface area contributed by atoms with E-state index in [-0.39, 0.29) is 30.6 Å². The highest BCUT2D eigenvalue weighted by Crippen LogP contribution is 2.35. The molecule has 10 heteroatoms. The molecule has 2 fully saturated rings. The van der Waals surface area contributed by atoms with E-state index < -0.39 is 17.6 Å². The molecule has 0 bridgehead atoms. The number of benzene rings is 2. The van der Waals surface area contributed by atoms with Gasteiger partial charge in [-0.2, -0.15) is 0 Å². The number of carbonyl (C=O) groups excluding carboxylic acids is 3. The zero-order chi connectivity index (χ0) is 27.9. The molecule has 1 unspecified atom stereocenters. The molecule has 3 aliphatic heterocycles. The molecular weight excluding hydrogens is 515 g/mol. The Morgan fingerprint density at radius 2 is 1.65 bits per heavy atom. The number of imide groups is 1. The van der Waals surface area contributed by atoms with Gasteiger partial charge in [0.15, 0.2) is 0 Å². The Morgan fingerprint density at radius 3 is 2.33 bits per heavy atom. The van der Waals surface area contributed by atoms with Gasteiger partial charge in [-0.25, -0.2) is 4.39 Å². The molecule has 206 valence electrons. The van der Waals surface area contributed by atoms with Crippen molar-refractivity contribution < 1.29 is 28.6 Å². The number of pyridine rings is 1. The minimum Gasteiger partial charge on any atom is -0.457 e. The Kier molecular flexibility index (Phi) is 6.81. The summed E-state index contributed by atoms with van der Waals surface area (Å²) in [6, 6.07) is 16.3. The fourth-order valence-corrected chi connectivity index (χ4v) is 5.59. The number of ether oxygens (including phenoxy) is 1. The minimum absolute atomic E-state index is 0.178. The molecule has 6 rings (SSSR count). The maximum absolute atomic E-state index is 13.1. The van der Waals surface area contributed by atoms with Gasteiger partial charge < -0.3 is 14.7 Å². The molecule has 2 saturated heterocycles. The van der Waals surface area contributed by atoms with Crippen molar-refractivity contribution in [1.29, 1.82) is 0 Å². The van der Waals surface area contributed by atoms with Crippen LogP contribution in [-0.4, -0.2) is 56.7 Å². The molecule has 0 spiro atoms. The van der Waals surface area contributed by atoms with Gasteiger partial charge >= 0.3 is 0 Å². The number of aliphatic hydroxyl groups is 1. The number of rotatable bonds is 6. The fourth-order valence-electron chi connectivity index (χ4n) is 5.59. The first-order valence-electron chi connectivity index (χ1n) is 13.4. The number of amides is 3. The highest BCUT2D eigenvalue weighted by atomic mass is 19.1. The van der Waals surface area contributed by atoms with E-state index in [1.807, 2.05) is 24.3 Å². The molecule has 3 amide bonds. The number of carbonyl (C=O) groups is 3. The zero-order valence-corrected chi connectivity index (χ0v) is 21.8. The molecule has 4 heterocycles. The van der Waals surface area contributed by atoms with E-state index in [9.17, 15) is 23.9 Å². The Hall–Kier alpha value is -4.15. The lowest BCUT2D eigenvalue weighted by molar-refractivity contribution is -0.136. The van der Waals surface area contributed by atoms with Crippen LogP contribution in [0.5, 0.6) is 11.5 Å². The number of halogens is 1. The Labute approximate surface area is 230 Å². The third-order valence-electron chi connectivity index (χ3n) is 7.91. The van der Waals surface area contributed by atoms with E-state index in [1.165, 1.54) is 17.0 Å². The summed E-state index contributed by atoms with van der Waals surface area (Å²) < 4.78 is 18.9. The van der Waals surface area contributed by atoms with Gasteiger partial charge in [-0.05, 0) is 73.4 Å². The second-order valence-electron chi connectivity index (χ2n) is 10.6. The van der Waals surface area contributed by atoms with Crippen molar-refractivity contribution in [1.82, 2.24) is 20.1 Å². The predicted molar refractivity (Wildman–Crippen MR) is 142 cm³/mol. The highest BCUT2D eigenvalue weighted by molar-refractivity contribution is 6.05. The number of nitrogens with zero attached hydrogens (tertiary/aromatic N) is 3. The van der Waals surface area contributed by atoms with E-state index in [1.54, 1.807) is 24.3 Å². The summed E-state index contributed by atoms with van der Waals surface area (Å²) in [5, 5.41) is 13.8. The summed E-state index contributed by atoms with van der Waals surface area (Å²) >= 11 is 0. The van der Waals surface area contributed by atoms with Gasteiger partial charge in [-0.1, -0.05) is 12.1 Å². The Bertz CT molecular complexity index is 1450. The van der Waals surface area contributed by atoms with Gasteiger partial charge in [-0.3, -0.25) is 29.6 Å². The second kappa shape index (κ2) is 10.4. The van der Waals surface area contributed by atoms with Crippen LogP contribution in [0.25, 0.3) is 0 Å². The third kappa shape index (κ3) is 5.20.